The average molecular weight is 374 g/mol. The van der Waals surface area contributed by atoms with Gasteiger partial charge in [0.1, 0.15) is 30.6 Å². The highest BCUT2D eigenvalue weighted by molar-refractivity contribution is 5.93. The third kappa shape index (κ3) is 6.96. The summed E-state index contributed by atoms with van der Waals surface area (Å²) in [6.45, 7) is -0.719. The van der Waals surface area contributed by atoms with E-state index in [0.717, 1.165) is 6.92 Å². The van der Waals surface area contributed by atoms with Crippen LogP contribution in [-0.4, -0.2) is 52.6 Å². The van der Waals surface area contributed by atoms with Crippen molar-refractivity contribution in [3.05, 3.63) is 50.1 Å². The Labute approximate surface area is 145 Å². The van der Waals surface area contributed by atoms with E-state index in [1.54, 1.807) is 0 Å². The van der Waals surface area contributed by atoms with Gasteiger partial charge in [0, 0.05) is 6.92 Å². The molecule has 13 heteroatoms. The van der Waals surface area contributed by atoms with Crippen LogP contribution in [-0.2, 0) is 19.2 Å². The lowest BCUT2D eigenvalue weighted by molar-refractivity contribution is -0.763. The van der Waals surface area contributed by atoms with E-state index < -0.39 is 47.5 Å². The molecule has 0 radical (unpaired) electrons. The molecular weight excluding hydrogens is 360 g/mol. The molecule has 2 atom stereocenters. The van der Waals surface area contributed by atoms with Crippen LogP contribution >= 0.6 is 0 Å². The third-order valence-electron chi connectivity index (χ3n) is 2.74. The molecule has 0 spiro atoms. The minimum Gasteiger partial charge on any atom is -0.454 e. The Hall–Kier alpha value is -3.48. The van der Waals surface area contributed by atoms with Crippen molar-refractivity contribution >= 4 is 11.9 Å². The van der Waals surface area contributed by atoms with E-state index >= 15 is 0 Å². The minimum absolute atomic E-state index is 0.144. The molecule has 1 rings (SSSR count). The maximum absolute atomic E-state index is 12.2. The van der Waals surface area contributed by atoms with E-state index in [-0.39, 0.29) is 11.3 Å². The highest BCUT2D eigenvalue weighted by Crippen LogP contribution is 2.20. The van der Waals surface area contributed by atoms with Crippen LogP contribution in [0.5, 0.6) is 5.75 Å². The second-order valence-electron chi connectivity index (χ2n) is 4.64. The van der Waals surface area contributed by atoms with Crippen molar-refractivity contribution < 1.29 is 44.0 Å². The highest BCUT2D eigenvalue weighted by atomic mass is 17.0. The molecule has 2 unspecified atom stereocenters. The molecule has 0 bridgehead atoms. The summed E-state index contributed by atoms with van der Waals surface area (Å²) in [5.74, 6) is -1.97. The zero-order chi connectivity index (χ0) is 19.7. The summed E-state index contributed by atoms with van der Waals surface area (Å²) < 4.78 is 9.72. The summed E-state index contributed by atoms with van der Waals surface area (Å²) >= 11 is 0. The van der Waals surface area contributed by atoms with Crippen molar-refractivity contribution in [1.29, 1.82) is 0 Å². The molecule has 0 saturated carbocycles. The van der Waals surface area contributed by atoms with Gasteiger partial charge >= 0.3 is 11.9 Å². The molecule has 26 heavy (non-hydrogen) atoms. The van der Waals surface area contributed by atoms with Crippen molar-refractivity contribution in [2.45, 2.75) is 19.1 Å². The molecule has 142 valence electrons. The van der Waals surface area contributed by atoms with Crippen LogP contribution in [0.3, 0.4) is 0 Å². The van der Waals surface area contributed by atoms with Gasteiger partial charge in [0.2, 0.25) is 0 Å². The fourth-order valence-corrected chi connectivity index (χ4v) is 1.68. The fourth-order valence-electron chi connectivity index (χ4n) is 1.68. The summed E-state index contributed by atoms with van der Waals surface area (Å²) in [5.41, 5.74) is -0.212. The van der Waals surface area contributed by atoms with Gasteiger partial charge < -0.3 is 24.3 Å². The maximum atomic E-state index is 12.2. The van der Waals surface area contributed by atoms with Crippen molar-refractivity contribution in [2.75, 3.05) is 13.2 Å². The first-order valence-electron chi connectivity index (χ1n) is 6.91. The average Bonchev–Trinajstić information content (AvgIpc) is 2.55. The predicted molar refractivity (Wildman–Crippen MR) is 78.9 cm³/mol. The molecule has 0 aliphatic rings. The zero-order valence-corrected chi connectivity index (χ0v) is 13.3. The van der Waals surface area contributed by atoms with Crippen molar-refractivity contribution in [3.63, 3.8) is 0 Å². The number of carbonyl (C=O) groups is 2. The Balaban J connectivity index is 2.91. The number of rotatable bonds is 10. The van der Waals surface area contributed by atoms with Gasteiger partial charge in [-0.25, -0.2) is 4.79 Å². The van der Waals surface area contributed by atoms with Crippen LogP contribution in [0.15, 0.2) is 24.3 Å². The van der Waals surface area contributed by atoms with Crippen molar-refractivity contribution in [2.24, 2.45) is 0 Å². The summed E-state index contributed by atoms with van der Waals surface area (Å²) in [6.07, 6.45) is -3.47. The van der Waals surface area contributed by atoms with Gasteiger partial charge in [-0.15, -0.1) is 20.2 Å². The Kier molecular flexibility index (Phi) is 7.69. The third-order valence-corrected chi connectivity index (χ3v) is 2.74. The van der Waals surface area contributed by atoms with Crippen LogP contribution in [0.2, 0.25) is 0 Å². The molecule has 1 aromatic carbocycles. The monoisotopic (exact) mass is 374 g/mol. The van der Waals surface area contributed by atoms with Gasteiger partial charge in [0.05, 0.1) is 0 Å². The van der Waals surface area contributed by atoms with Gasteiger partial charge in [0.15, 0.2) is 6.10 Å². The van der Waals surface area contributed by atoms with Gasteiger partial charge in [-0.1, -0.05) is 12.1 Å². The predicted octanol–water partition coefficient (Wildman–Crippen LogP) is -0.0852. The lowest BCUT2D eigenvalue weighted by Crippen LogP contribution is -2.39. The Bertz CT molecular complexity index is 678. The van der Waals surface area contributed by atoms with Crippen LogP contribution in [0.25, 0.3) is 0 Å². The SMILES string of the molecule is CC(=O)Oc1ccccc1C(=O)OC(CO[N+](=O)[O-])C(O)CO[N+](=O)[O-]. The normalized spacial score (nSPS) is 12.4. The van der Waals surface area contributed by atoms with Crippen molar-refractivity contribution in [3.8, 4) is 5.75 Å². The Morgan fingerprint density at radius 2 is 1.69 bits per heavy atom. The fraction of sp³-hybridized carbons (Fsp3) is 0.385. The van der Waals surface area contributed by atoms with Gasteiger partial charge in [-0.05, 0) is 12.1 Å². The van der Waals surface area contributed by atoms with E-state index in [1.807, 2.05) is 0 Å². The molecule has 1 N–H and O–H groups in total. The molecule has 0 heterocycles. The standard InChI is InChI=1S/C13H14N2O11/c1-8(16)25-11-5-3-2-4-9(11)13(18)26-12(7-24-15(21)22)10(17)6-23-14(19)20/h2-5,10,12,17H,6-7H2,1H3. The minimum atomic E-state index is -1.80. The molecule has 0 aromatic heterocycles. The number of aliphatic hydroxyl groups excluding tert-OH is 1. The maximum Gasteiger partial charge on any atom is 0.342 e. The number of nitrogens with zero attached hydrogens (tertiary/aromatic N) is 2. The highest BCUT2D eigenvalue weighted by Gasteiger charge is 2.28. The summed E-state index contributed by atoms with van der Waals surface area (Å²) in [5, 5.41) is 27.8. The molecule has 13 nitrogen and oxygen atoms in total. The largest absolute Gasteiger partial charge is 0.454 e. The van der Waals surface area contributed by atoms with Crippen LogP contribution in [0.1, 0.15) is 17.3 Å². The van der Waals surface area contributed by atoms with Gasteiger partial charge in [-0.3, -0.25) is 4.79 Å². The summed E-state index contributed by atoms with van der Waals surface area (Å²) in [4.78, 5) is 51.7. The summed E-state index contributed by atoms with van der Waals surface area (Å²) in [7, 11) is 0. The zero-order valence-electron chi connectivity index (χ0n) is 13.3. The molecule has 0 fully saturated rings. The van der Waals surface area contributed by atoms with E-state index in [0.29, 0.717) is 0 Å². The topological polar surface area (TPSA) is 178 Å². The number of carbonyl (C=O) groups excluding carboxylic acids is 2. The lowest BCUT2D eigenvalue weighted by Gasteiger charge is -2.22. The molecule has 1 aromatic rings. The molecule has 0 aliphatic heterocycles. The lowest BCUT2D eigenvalue weighted by atomic mass is 10.2. The first-order valence-corrected chi connectivity index (χ1v) is 6.91. The van der Waals surface area contributed by atoms with Crippen molar-refractivity contribution in [1.82, 2.24) is 0 Å². The molecule has 0 saturated heterocycles. The molecular formula is C13H14N2O11. The van der Waals surface area contributed by atoms with Gasteiger partial charge in [-0.2, -0.15) is 0 Å². The van der Waals surface area contributed by atoms with E-state index in [1.165, 1.54) is 24.3 Å². The number of benzene rings is 1. The first kappa shape index (κ1) is 20.6. The quantitative estimate of drug-likeness (QED) is 0.250. The number of hydrogen-bond donors (Lipinski definition) is 1. The second kappa shape index (κ2) is 9.73. The van der Waals surface area contributed by atoms with E-state index in [4.69, 9.17) is 9.47 Å². The first-order chi connectivity index (χ1) is 12.2. The van der Waals surface area contributed by atoms with Crippen LogP contribution in [0, 0.1) is 20.2 Å². The number of ether oxygens (including phenoxy) is 2. The number of aliphatic hydroxyl groups is 1. The summed E-state index contributed by atoms with van der Waals surface area (Å²) in [6, 6.07) is 5.44. The van der Waals surface area contributed by atoms with E-state index in [9.17, 15) is 34.9 Å². The van der Waals surface area contributed by atoms with E-state index in [2.05, 4.69) is 9.68 Å². The second-order valence-corrected chi connectivity index (χ2v) is 4.64. The molecule has 0 amide bonds. The van der Waals surface area contributed by atoms with Crippen LogP contribution in [0.4, 0.5) is 0 Å². The number of hydrogen-bond acceptors (Lipinski definition) is 11. The molecule has 0 aliphatic carbocycles. The number of esters is 2. The van der Waals surface area contributed by atoms with Gasteiger partial charge in [0.25, 0.3) is 10.2 Å². The Morgan fingerprint density at radius 1 is 1.12 bits per heavy atom. The van der Waals surface area contributed by atoms with Crippen LogP contribution < -0.4 is 4.74 Å². The number of para-hydroxylation sites is 1. The smallest absolute Gasteiger partial charge is 0.342 e. The Morgan fingerprint density at radius 3 is 2.27 bits per heavy atom.